The Hall–Kier alpha value is -1.44. The molecule has 1 heterocycles. The van der Waals surface area contributed by atoms with Crippen LogP contribution >= 0.6 is 43.6 Å². The summed E-state index contributed by atoms with van der Waals surface area (Å²) in [7, 11) is 1.64. The molecule has 1 unspecified atom stereocenters. The number of hydrogen-bond donors (Lipinski definition) is 1. The zero-order valence-electron chi connectivity index (χ0n) is 17.6. The Kier molecular flexibility index (Phi) is 7.34. The number of hydrogen-bond acceptors (Lipinski definition) is 4. The van der Waals surface area contributed by atoms with Gasteiger partial charge in [-0.2, -0.15) is 0 Å². The number of halogens is 2. The predicted molar refractivity (Wildman–Crippen MR) is 136 cm³/mol. The van der Waals surface area contributed by atoms with Gasteiger partial charge in [-0.15, -0.1) is 0 Å². The summed E-state index contributed by atoms with van der Waals surface area (Å²) in [5.74, 6) is 1.36. The van der Waals surface area contributed by atoms with Gasteiger partial charge in [0.15, 0.2) is 5.50 Å². The van der Waals surface area contributed by atoms with Gasteiger partial charge in [0, 0.05) is 11.7 Å². The number of amides is 1. The maximum Gasteiger partial charge on any atom is 0.262 e. The first kappa shape index (κ1) is 22.7. The average Bonchev–Trinajstić information content (AvgIpc) is 3.03. The molecule has 1 saturated heterocycles. The molecule has 1 saturated carbocycles. The summed E-state index contributed by atoms with van der Waals surface area (Å²) in [6, 6.07) is 14.4. The number of nitrogens with zero attached hydrogens (tertiary/aromatic N) is 1. The fourth-order valence-electron chi connectivity index (χ4n) is 4.38. The highest BCUT2D eigenvalue weighted by atomic mass is 79.9. The second kappa shape index (κ2) is 10.0. The first-order valence-corrected chi connectivity index (χ1v) is 13.0. The van der Waals surface area contributed by atoms with Gasteiger partial charge in [0.05, 0.1) is 21.0 Å². The van der Waals surface area contributed by atoms with Gasteiger partial charge in [-0.25, -0.2) is 0 Å². The number of para-hydroxylation sites is 1. The SMILES string of the molecule is COc1c(Br)cc(/C=C2\SC(Nc3ccccc3)N([C@@H]3CCCC[C@H]3C)C2=O)cc1Br. The minimum atomic E-state index is -0.114. The summed E-state index contributed by atoms with van der Waals surface area (Å²) in [5.41, 5.74) is 1.86. The third kappa shape index (κ3) is 4.99. The molecule has 0 bridgehead atoms. The smallest absolute Gasteiger partial charge is 0.262 e. The Bertz CT molecular complexity index is 960. The first-order valence-electron chi connectivity index (χ1n) is 10.5. The normalized spacial score (nSPS) is 25.2. The Morgan fingerprint density at radius 2 is 1.81 bits per heavy atom. The van der Waals surface area contributed by atoms with Gasteiger partial charge >= 0.3 is 0 Å². The van der Waals surface area contributed by atoms with Gasteiger partial charge in [-0.3, -0.25) is 4.79 Å². The van der Waals surface area contributed by atoms with E-state index in [1.54, 1.807) is 18.9 Å². The third-order valence-electron chi connectivity index (χ3n) is 5.95. The number of rotatable bonds is 5. The molecule has 0 spiro atoms. The molecule has 2 aliphatic rings. The molecule has 2 aromatic carbocycles. The number of anilines is 1. The van der Waals surface area contributed by atoms with Crippen LogP contribution in [0.2, 0.25) is 0 Å². The quantitative estimate of drug-likeness (QED) is 0.392. The van der Waals surface area contributed by atoms with Gasteiger partial charge in [0.25, 0.3) is 5.91 Å². The van der Waals surface area contributed by atoms with E-state index in [-0.39, 0.29) is 17.4 Å². The van der Waals surface area contributed by atoms with E-state index in [4.69, 9.17) is 4.74 Å². The van der Waals surface area contributed by atoms with Gasteiger partial charge < -0.3 is 15.0 Å². The Balaban J connectivity index is 1.66. The van der Waals surface area contributed by atoms with Gasteiger partial charge in [0.1, 0.15) is 5.75 Å². The van der Waals surface area contributed by atoms with Crippen molar-refractivity contribution in [2.24, 2.45) is 5.92 Å². The summed E-state index contributed by atoms with van der Waals surface area (Å²) in [6.45, 7) is 2.28. The maximum atomic E-state index is 13.6. The van der Waals surface area contributed by atoms with E-state index in [9.17, 15) is 4.79 Å². The molecule has 1 N–H and O–H groups in total. The van der Waals surface area contributed by atoms with Crippen molar-refractivity contribution in [2.45, 2.75) is 44.1 Å². The predicted octanol–water partition coefficient (Wildman–Crippen LogP) is 7.11. The van der Waals surface area contributed by atoms with E-state index in [2.05, 4.69) is 49.0 Å². The molecule has 0 aromatic heterocycles. The number of methoxy groups -OCH3 is 1. The maximum absolute atomic E-state index is 13.6. The largest absolute Gasteiger partial charge is 0.494 e. The van der Waals surface area contributed by atoms with Crippen LogP contribution in [0.4, 0.5) is 5.69 Å². The van der Waals surface area contributed by atoms with Crippen LogP contribution in [0.5, 0.6) is 5.75 Å². The van der Waals surface area contributed by atoms with Crippen molar-refractivity contribution in [3.05, 3.63) is 61.9 Å². The molecule has 164 valence electrons. The van der Waals surface area contributed by atoms with Crippen molar-refractivity contribution in [3.8, 4) is 5.75 Å². The highest BCUT2D eigenvalue weighted by molar-refractivity contribution is 9.11. The lowest BCUT2D eigenvalue weighted by molar-refractivity contribution is -0.129. The standard InChI is InChI=1S/C24H26Br2N2O2S/c1-15-8-6-7-11-20(15)28-23(29)21(31-24(28)27-17-9-4-3-5-10-17)14-16-12-18(25)22(30-2)19(26)13-16/h3-5,9-10,12-15,20,24,27H,6-8,11H2,1-2H3/b21-14-/t15-,20-,24?/m1/s1. The lowest BCUT2D eigenvalue weighted by Gasteiger charge is -2.39. The number of carbonyl (C=O) groups is 1. The Morgan fingerprint density at radius 1 is 1.13 bits per heavy atom. The van der Waals surface area contributed by atoms with Crippen molar-refractivity contribution in [2.75, 3.05) is 12.4 Å². The third-order valence-corrected chi connectivity index (χ3v) is 8.24. The van der Waals surface area contributed by atoms with Crippen LogP contribution in [0, 0.1) is 5.92 Å². The summed E-state index contributed by atoms with van der Waals surface area (Å²) in [6.07, 6.45) is 6.65. The zero-order valence-corrected chi connectivity index (χ0v) is 21.6. The number of thioether (sulfide) groups is 1. The topological polar surface area (TPSA) is 41.6 Å². The van der Waals surface area contributed by atoms with E-state index >= 15 is 0 Å². The zero-order chi connectivity index (χ0) is 22.0. The fraction of sp³-hybridized carbons (Fsp3) is 0.375. The molecule has 7 heteroatoms. The highest BCUT2D eigenvalue weighted by Crippen LogP contribution is 2.43. The molecule has 2 aromatic rings. The Morgan fingerprint density at radius 3 is 2.45 bits per heavy atom. The molecule has 31 heavy (non-hydrogen) atoms. The van der Waals surface area contributed by atoms with Crippen molar-refractivity contribution in [1.82, 2.24) is 4.90 Å². The van der Waals surface area contributed by atoms with E-state index in [1.807, 2.05) is 48.5 Å². The number of carbonyl (C=O) groups excluding carboxylic acids is 1. The number of ether oxygens (including phenoxy) is 1. The van der Waals surface area contributed by atoms with Crippen LogP contribution < -0.4 is 10.1 Å². The molecular formula is C24H26Br2N2O2S. The molecule has 4 nitrogen and oxygen atoms in total. The van der Waals surface area contributed by atoms with E-state index in [0.29, 0.717) is 5.92 Å². The van der Waals surface area contributed by atoms with Gasteiger partial charge in [-0.1, -0.05) is 49.7 Å². The second-order valence-corrected chi connectivity index (χ2v) is 10.9. The lowest BCUT2D eigenvalue weighted by Crippen LogP contribution is -2.48. The van der Waals surface area contributed by atoms with Gasteiger partial charge in [-0.05, 0) is 86.5 Å². The molecule has 1 aliphatic heterocycles. The molecule has 2 fully saturated rings. The monoisotopic (exact) mass is 564 g/mol. The van der Waals surface area contributed by atoms with Crippen molar-refractivity contribution in [1.29, 1.82) is 0 Å². The first-order chi connectivity index (χ1) is 15.0. The van der Waals surface area contributed by atoms with E-state index in [0.717, 1.165) is 37.3 Å². The number of benzene rings is 2. The van der Waals surface area contributed by atoms with Crippen LogP contribution in [-0.4, -0.2) is 29.5 Å². The molecule has 0 radical (unpaired) electrons. The second-order valence-electron chi connectivity index (χ2n) is 8.05. The van der Waals surface area contributed by atoms with Crippen molar-refractivity contribution in [3.63, 3.8) is 0 Å². The molecule has 4 rings (SSSR count). The van der Waals surface area contributed by atoms with Gasteiger partial charge in [0.2, 0.25) is 0 Å². The van der Waals surface area contributed by atoms with Crippen molar-refractivity contribution < 1.29 is 9.53 Å². The van der Waals surface area contributed by atoms with Crippen LogP contribution in [0.25, 0.3) is 6.08 Å². The molecule has 3 atom stereocenters. The fourth-order valence-corrected chi connectivity index (χ4v) is 7.13. The molecule has 1 amide bonds. The van der Waals surface area contributed by atoms with Crippen LogP contribution in [0.3, 0.4) is 0 Å². The average molecular weight is 566 g/mol. The highest BCUT2D eigenvalue weighted by Gasteiger charge is 2.42. The van der Waals surface area contributed by atoms with E-state index < -0.39 is 0 Å². The van der Waals surface area contributed by atoms with Crippen LogP contribution in [0.1, 0.15) is 38.2 Å². The van der Waals surface area contributed by atoms with Crippen LogP contribution in [0.15, 0.2) is 56.3 Å². The molecular weight excluding hydrogens is 540 g/mol. The minimum absolute atomic E-state index is 0.111. The van der Waals surface area contributed by atoms with Crippen molar-refractivity contribution >= 4 is 61.3 Å². The lowest BCUT2D eigenvalue weighted by atomic mass is 9.85. The summed E-state index contributed by atoms with van der Waals surface area (Å²) in [5, 5.41) is 3.58. The molecule has 1 aliphatic carbocycles. The minimum Gasteiger partial charge on any atom is -0.494 e. The number of nitrogens with one attached hydrogen (secondary N) is 1. The Labute approximate surface area is 205 Å². The van der Waals surface area contributed by atoms with Crippen LogP contribution in [-0.2, 0) is 4.79 Å². The van der Waals surface area contributed by atoms with E-state index in [1.165, 1.54) is 19.3 Å². The summed E-state index contributed by atoms with van der Waals surface area (Å²) >= 11 is 8.72. The summed E-state index contributed by atoms with van der Waals surface area (Å²) in [4.78, 5) is 16.4. The summed E-state index contributed by atoms with van der Waals surface area (Å²) < 4.78 is 7.11.